The Morgan fingerprint density at radius 1 is 1.18 bits per heavy atom. The highest BCUT2D eigenvalue weighted by Gasteiger charge is 2.64. The first-order valence-electron chi connectivity index (χ1n) is 12.7. The van der Waals surface area contributed by atoms with Gasteiger partial charge in [-0.1, -0.05) is 17.7 Å². The van der Waals surface area contributed by atoms with Crippen LogP contribution in [0.25, 0.3) is 22.2 Å². The molecule has 0 saturated heterocycles. The second-order valence-corrected chi connectivity index (χ2v) is 9.77. The van der Waals surface area contributed by atoms with Crippen molar-refractivity contribution in [3.05, 3.63) is 89.5 Å². The molecule has 1 aliphatic carbocycles. The van der Waals surface area contributed by atoms with Gasteiger partial charge in [0.15, 0.2) is 11.6 Å². The van der Waals surface area contributed by atoms with Crippen molar-refractivity contribution in [3.63, 3.8) is 0 Å². The number of carbonyl (C=O) groups excluding carboxylic acids is 2. The monoisotopic (exact) mass is 529 g/mol. The van der Waals surface area contributed by atoms with Crippen molar-refractivity contribution in [2.45, 2.75) is 33.3 Å². The number of amides is 1. The third kappa shape index (κ3) is 5.31. The number of benzene rings is 2. The quantitative estimate of drug-likeness (QED) is 0.179. The van der Waals surface area contributed by atoms with Crippen molar-refractivity contribution >= 4 is 22.8 Å². The molecule has 1 saturated carbocycles. The van der Waals surface area contributed by atoms with Crippen LogP contribution in [-0.4, -0.2) is 33.7 Å². The number of hydroxylamine groups is 1. The molecule has 1 amide bonds. The standard InChI is InChI=1S/C30H28FN3O5/c1-3-38-29(36)30(15-23(30)28(35)34-37)14-19-7-9-27(24(31)12-19)39-17-21-13-26(20-5-4-10-32-16-20)33-25-8-6-18(2)11-22(21)25/h4-13,16,23,37H,3,14-15,17H2,1-2H3,(H,34,35). The molecule has 2 unspecified atom stereocenters. The van der Waals surface area contributed by atoms with Crippen LogP contribution in [0.2, 0.25) is 0 Å². The molecule has 4 aromatic rings. The molecule has 0 aliphatic heterocycles. The van der Waals surface area contributed by atoms with Crippen LogP contribution < -0.4 is 10.2 Å². The molecule has 2 N–H and O–H groups in total. The van der Waals surface area contributed by atoms with E-state index in [1.807, 2.05) is 43.3 Å². The number of rotatable bonds is 9. The average molecular weight is 530 g/mol. The lowest BCUT2D eigenvalue weighted by Crippen LogP contribution is -2.30. The van der Waals surface area contributed by atoms with Gasteiger partial charge >= 0.3 is 5.97 Å². The molecular formula is C30H28FN3O5. The number of aromatic nitrogens is 2. The van der Waals surface area contributed by atoms with Gasteiger partial charge in [0.05, 0.1) is 29.2 Å². The summed E-state index contributed by atoms with van der Waals surface area (Å²) in [4.78, 5) is 33.6. The molecule has 1 fully saturated rings. The highest BCUT2D eigenvalue weighted by molar-refractivity contribution is 5.93. The molecule has 1 aliphatic rings. The Labute approximate surface area is 224 Å². The van der Waals surface area contributed by atoms with E-state index < -0.39 is 29.0 Å². The Balaban J connectivity index is 1.38. The van der Waals surface area contributed by atoms with Gasteiger partial charge in [0.2, 0.25) is 5.91 Å². The summed E-state index contributed by atoms with van der Waals surface area (Å²) in [5.41, 5.74) is 5.30. The van der Waals surface area contributed by atoms with E-state index in [4.69, 9.17) is 19.7 Å². The zero-order valence-electron chi connectivity index (χ0n) is 21.6. The normalized spacial score (nSPS) is 18.0. The van der Waals surface area contributed by atoms with Crippen LogP contribution in [0.3, 0.4) is 0 Å². The molecule has 9 heteroatoms. The molecule has 200 valence electrons. The SMILES string of the molecule is CCOC(=O)C1(Cc2ccc(OCc3cc(-c4cccnc4)nc4ccc(C)cc34)c(F)c2)CC1C(=O)NO. The Morgan fingerprint density at radius 3 is 2.74 bits per heavy atom. The number of aryl methyl sites for hydroxylation is 1. The lowest BCUT2D eigenvalue weighted by molar-refractivity contribution is -0.152. The average Bonchev–Trinajstić information content (AvgIpc) is 3.68. The van der Waals surface area contributed by atoms with E-state index in [1.54, 1.807) is 30.9 Å². The molecule has 0 spiro atoms. The van der Waals surface area contributed by atoms with Crippen LogP contribution in [-0.2, 0) is 27.4 Å². The Bertz CT molecular complexity index is 1540. The molecule has 8 nitrogen and oxygen atoms in total. The van der Waals surface area contributed by atoms with E-state index >= 15 is 4.39 Å². The number of ether oxygens (including phenoxy) is 2. The number of nitrogens with zero attached hydrogens (tertiary/aromatic N) is 2. The first-order valence-corrected chi connectivity index (χ1v) is 12.7. The molecule has 2 heterocycles. The zero-order chi connectivity index (χ0) is 27.6. The summed E-state index contributed by atoms with van der Waals surface area (Å²) in [5, 5.41) is 9.93. The maximum atomic E-state index is 15.2. The molecule has 5 rings (SSSR count). The van der Waals surface area contributed by atoms with Gasteiger partial charge in [-0.25, -0.2) is 14.9 Å². The minimum absolute atomic E-state index is 0.0601. The van der Waals surface area contributed by atoms with Gasteiger partial charge < -0.3 is 9.47 Å². The van der Waals surface area contributed by atoms with E-state index in [9.17, 15) is 9.59 Å². The summed E-state index contributed by atoms with van der Waals surface area (Å²) in [6.07, 6.45) is 3.75. The summed E-state index contributed by atoms with van der Waals surface area (Å²) in [6, 6.07) is 16.1. The Morgan fingerprint density at radius 2 is 2.03 bits per heavy atom. The van der Waals surface area contributed by atoms with Crippen LogP contribution in [0.1, 0.15) is 30.0 Å². The van der Waals surface area contributed by atoms with Crippen LogP contribution >= 0.6 is 0 Å². The number of carbonyl (C=O) groups is 2. The van der Waals surface area contributed by atoms with Gasteiger partial charge in [-0.15, -0.1) is 0 Å². The van der Waals surface area contributed by atoms with Gasteiger partial charge in [-0.05, 0) is 74.7 Å². The van der Waals surface area contributed by atoms with E-state index in [0.717, 1.165) is 33.3 Å². The third-order valence-electron chi connectivity index (χ3n) is 7.09. The topological polar surface area (TPSA) is 111 Å². The Kier molecular flexibility index (Phi) is 7.26. The third-order valence-corrected chi connectivity index (χ3v) is 7.09. The van der Waals surface area contributed by atoms with E-state index in [0.29, 0.717) is 5.56 Å². The van der Waals surface area contributed by atoms with E-state index in [1.165, 1.54) is 12.1 Å². The summed E-state index contributed by atoms with van der Waals surface area (Å²) in [7, 11) is 0. The van der Waals surface area contributed by atoms with E-state index in [2.05, 4.69) is 4.98 Å². The van der Waals surface area contributed by atoms with Gasteiger partial charge in [0.1, 0.15) is 6.61 Å². The fraction of sp³-hybridized carbons (Fsp3) is 0.267. The maximum absolute atomic E-state index is 15.2. The number of hydrogen-bond donors (Lipinski definition) is 2. The predicted octanol–water partition coefficient (Wildman–Crippen LogP) is 4.94. The molecule has 0 bridgehead atoms. The second kappa shape index (κ2) is 10.8. The lowest BCUT2D eigenvalue weighted by Gasteiger charge is -2.17. The van der Waals surface area contributed by atoms with Gasteiger partial charge in [-0.2, -0.15) is 0 Å². The fourth-order valence-corrected chi connectivity index (χ4v) is 4.98. The van der Waals surface area contributed by atoms with Crippen LogP contribution in [0, 0.1) is 24.1 Å². The highest BCUT2D eigenvalue weighted by atomic mass is 19.1. The number of fused-ring (bicyclic) bond motifs is 1. The van der Waals surface area contributed by atoms with Crippen molar-refractivity contribution in [1.82, 2.24) is 15.4 Å². The molecular weight excluding hydrogens is 501 g/mol. The first kappa shape index (κ1) is 26.2. The number of esters is 1. The molecule has 2 aromatic carbocycles. The number of nitrogens with one attached hydrogen (secondary N) is 1. The smallest absolute Gasteiger partial charge is 0.313 e. The largest absolute Gasteiger partial charge is 0.486 e. The molecule has 0 radical (unpaired) electrons. The minimum Gasteiger partial charge on any atom is -0.486 e. The van der Waals surface area contributed by atoms with Crippen molar-refractivity contribution < 1.29 is 28.7 Å². The minimum atomic E-state index is -1.13. The van der Waals surface area contributed by atoms with Crippen molar-refractivity contribution in [2.24, 2.45) is 11.3 Å². The fourth-order valence-electron chi connectivity index (χ4n) is 4.98. The van der Waals surface area contributed by atoms with Crippen LogP contribution in [0.4, 0.5) is 4.39 Å². The van der Waals surface area contributed by atoms with E-state index in [-0.39, 0.29) is 31.8 Å². The number of hydrogen-bond acceptors (Lipinski definition) is 7. The molecule has 2 aromatic heterocycles. The summed E-state index contributed by atoms with van der Waals surface area (Å²) >= 11 is 0. The van der Waals surface area contributed by atoms with Gasteiger partial charge in [0, 0.05) is 28.9 Å². The first-order chi connectivity index (χ1) is 18.8. The van der Waals surface area contributed by atoms with Crippen molar-refractivity contribution in [1.29, 1.82) is 0 Å². The summed E-state index contributed by atoms with van der Waals surface area (Å²) < 4.78 is 26.2. The van der Waals surface area contributed by atoms with Crippen molar-refractivity contribution in [2.75, 3.05) is 6.61 Å². The van der Waals surface area contributed by atoms with Crippen LogP contribution in [0.5, 0.6) is 5.75 Å². The van der Waals surface area contributed by atoms with Crippen LogP contribution in [0.15, 0.2) is 67.0 Å². The molecule has 39 heavy (non-hydrogen) atoms. The Hall–Kier alpha value is -4.37. The molecule has 2 atom stereocenters. The highest BCUT2D eigenvalue weighted by Crippen LogP contribution is 2.56. The van der Waals surface area contributed by atoms with Crippen molar-refractivity contribution in [3.8, 4) is 17.0 Å². The number of pyridine rings is 2. The van der Waals surface area contributed by atoms with Gasteiger partial charge in [0.25, 0.3) is 0 Å². The predicted molar refractivity (Wildman–Crippen MR) is 141 cm³/mol. The number of halogens is 1. The lowest BCUT2D eigenvalue weighted by atomic mass is 9.93. The maximum Gasteiger partial charge on any atom is 0.313 e. The second-order valence-electron chi connectivity index (χ2n) is 9.77. The zero-order valence-corrected chi connectivity index (χ0v) is 21.6. The summed E-state index contributed by atoms with van der Waals surface area (Å²) in [5.74, 6) is -2.46. The summed E-state index contributed by atoms with van der Waals surface area (Å²) in [6.45, 7) is 3.93. The van der Waals surface area contributed by atoms with Gasteiger partial charge in [-0.3, -0.25) is 19.8 Å².